The van der Waals surface area contributed by atoms with E-state index in [1.54, 1.807) is 13.8 Å². The van der Waals surface area contributed by atoms with Crippen LogP contribution in [0.3, 0.4) is 0 Å². The molecule has 0 spiro atoms. The van der Waals surface area contributed by atoms with Gasteiger partial charge in [0.05, 0.1) is 24.9 Å². The van der Waals surface area contributed by atoms with Gasteiger partial charge in [-0.3, -0.25) is 4.90 Å². The van der Waals surface area contributed by atoms with Crippen LogP contribution in [0, 0.1) is 24.7 Å². The molecule has 0 aromatic carbocycles. The van der Waals surface area contributed by atoms with Crippen LogP contribution in [-0.4, -0.2) is 50.8 Å². The molecule has 2 aliphatic carbocycles. The van der Waals surface area contributed by atoms with E-state index in [-0.39, 0.29) is 12.1 Å². The summed E-state index contributed by atoms with van der Waals surface area (Å²) >= 11 is 0. The number of furan rings is 1. The lowest BCUT2D eigenvalue weighted by molar-refractivity contribution is -0.0376. The number of nitrogens with zero attached hydrogens (tertiary/aromatic N) is 4. The Morgan fingerprint density at radius 1 is 1.20 bits per heavy atom. The minimum absolute atomic E-state index is 0.161. The normalized spacial score (nSPS) is 30.0. The molecule has 5 rings (SSSR count). The first-order chi connectivity index (χ1) is 14.3. The molecule has 2 aromatic rings. The number of likely N-dealkylation sites (tertiary alicyclic amines) is 1. The second kappa shape index (κ2) is 7.77. The molecule has 0 bridgehead atoms. The number of aliphatic hydroxyl groups is 1. The molecule has 0 unspecified atom stereocenters. The highest BCUT2D eigenvalue weighted by molar-refractivity contribution is 5.07. The third-order valence-electron chi connectivity index (χ3n) is 7.06. The number of aromatic nitrogens is 3. The van der Waals surface area contributed by atoms with E-state index in [0.29, 0.717) is 17.5 Å². The SMILES string of the molecule is Cc1ccc(CN2C[C@H]3C[C@@H](n4cc(C(C)(C)O)nn4)[C@H](OCC4CC4)C[C@H]3C2)o1. The molecule has 2 aromatic heterocycles. The number of rotatable bonds is 7. The molecule has 7 nitrogen and oxygen atoms in total. The quantitative estimate of drug-likeness (QED) is 0.749. The summed E-state index contributed by atoms with van der Waals surface area (Å²) in [5.74, 6) is 4.05. The lowest BCUT2D eigenvalue weighted by Gasteiger charge is -2.37. The fourth-order valence-electron chi connectivity index (χ4n) is 5.13. The Balaban J connectivity index is 1.30. The third kappa shape index (κ3) is 4.34. The van der Waals surface area contributed by atoms with E-state index >= 15 is 0 Å². The van der Waals surface area contributed by atoms with Crippen LogP contribution in [0.5, 0.6) is 0 Å². The maximum Gasteiger partial charge on any atom is 0.118 e. The first-order valence-corrected chi connectivity index (χ1v) is 11.4. The van der Waals surface area contributed by atoms with Crippen LogP contribution in [0.25, 0.3) is 0 Å². The van der Waals surface area contributed by atoms with Gasteiger partial charge in [-0.15, -0.1) is 5.10 Å². The average Bonchev–Trinajstić information content (AvgIpc) is 3.04. The monoisotopic (exact) mass is 414 g/mol. The van der Waals surface area contributed by atoms with Crippen LogP contribution in [0.4, 0.5) is 0 Å². The third-order valence-corrected chi connectivity index (χ3v) is 7.06. The predicted molar refractivity (Wildman–Crippen MR) is 112 cm³/mol. The van der Waals surface area contributed by atoms with Gasteiger partial charge >= 0.3 is 0 Å². The summed E-state index contributed by atoms with van der Waals surface area (Å²) in [6.07, 6.45) is 6.78. The van der Waals surface area contributed by atoms with Crippen molar-refractivity contribution in [3.8, 4) is 0 Å². The van der Waals surface area contributed by atoms with Gasteiger partial charge < -0.3 is 14.3 Å². The second-order valence-electron chi connectivity index (χ2n) is 10.2. The van der Waals surface area contributed by atoms with E-state index in [9.17, 15) is 5.11 Å². The molecule has 3 aliphatic rings. The standard InChI is InChI=1S/C23H34N4O3/c1-15-4-7-19(30-15)12-26-10-17-8-20(27-13-22(24-25-27)23(2,3)28)21(9-18(17)11-26)29-14-16-5-6-16/h4,7,13,16-18,20-21,28H,5-6,8-12,14H2,1-3H3/t17-,18+,20-,21-/m1/s1. The van der Waals surface area contributed by atoms with E-state index < -0.39 is 5.60 Å². The van der Waals surface area contributed by atoms with Gasteiger partial charge in [-0.05, 0) is 76.3 Å². The second-order valence-corrected chi connectivity index (χ2v) is 10.2. The van der Waals surface area contributed by atoms with Crippen LogP contribution in [0.1, 0.15) is 62.8 Å². The zero-order chi connectivity index (χ0) is 20.9. The topological polar surface area (TPSA) is 76.5 Å². The highest BCUT2D eigenvalue weighted by atomic mass is 16.5. The molecule has 7 heteroatoms. The van der Waals surface area contributed by atoms with E-state index in [1.165, 1.54) is 12.8 Å². The molecule has 4 atom stereocenters. The van der Waals surface area contributed by atoms with Gasteiger partial charge in [0.15, 0.2) is 0 Å². The number of fused-ring (bicyclic) bond motifs is 1. The van der Waals surface area contributed by atoms with Crippen molar-refractivity contribution >= 4 is 0 Å². The Bertz CT molecular complexity index is 866. The number of hydrogen-bond acceptors (Lipinski definition) is 6. The minimum Gasteiger partial charge on any atom is -0.465 e. The van der Waals surface area contributed by atoms with Gasteiger partial charge in [0.1, 0.15) is 22.8 Å². The van der Waals surface area contributed by atoms with Gasteiger partial charge in [-0.25, -0.2) is 4.68 Å². The Morgan fingerprint density at radius 2 is 1.97 bits per heavy atom. The molecule has 2 saturated carbocycles. The Hall–Kier alpha value is -1.70. The van der Waals surface area contributed by atoms with Crippen LogP contribution in [0.2, 0.25) is 0 Å². The summed E-state index contributed by atoms with van der Waals surface area (Å²) < 4.78 is 14.2. The van der Waals surface area contributed by atoms with E-state index in [0.717, 1.165) is 56.5 Å². The number of aryl methyl sites for hydroxylation is 1. The van der Waals surface area contributed by atoms with Crippen LogP contribution < -0.4 is 0 Å². The first kappa shape index (κ1) is 20.2. The highest BCUT2D eigenvalue weighted by Gasteiger charge is 2.44. The fraction of sp³-hybridized carbons (Fsp3) is 0.739. The molecule has 164 valence electrons. The summed E-state index contributed by atoms with van der Waals surface area (Å²) in [6.45, 7) is 9.44. The largest absolute Gasteiger partial charge is 0.465 e. The van der Waals surface area contributed by atoms with Gasteiger partial charge in [-0.2, -0.15) is 0 Å². The smallest absolute Gasteiger partial charge is 0.118 e. The molecule has 0 radical (unpaired) electrons. The van der Waals surface area contributed by atoms with Crippen LogP contribution in [-0.2, 0) is 16.9 Å². The maximum absolute atomic E-state index is 10.3. The summed E-state index contributed by atoms with van der Waals surface area (Å²) in [4.78, 5) is 2.53. The number of ether oxygens (including phenoxy) is 1. The van der Waals surface area contributed by atoms with Crippen molar-refractivity contribution in [1.82, 2.24) is 19.9 Å². The van der Waals surface area contributed by atoms with Crippen LogP contribution in [0.15, 0.2) is 22.7 Å². The molecular formula is C23H34N4O3. The average molecular weight is 415 g/mol. The Morgan fingerprint density at radius 3 is 2.60 bits per heavy atom. The fourth-order valence-corrected chi connectivity index (χ4v) is 5.13. The molecule has 1 saturated heterocycles. The molecule has 0 amide bonds. The molecule has 1 aliphatic heterocycles. The first-order valence-electron chi connectivity index (χ1n) is 11.4. The van der Waals surface area contributed by atoms with Gasteiger partial charge in [0.25, 0.3) is 0 Å². The summed E-state index contributed by atoms with van der Waals surface area (Å²) in [5, 5.41) is 19.0. The summed E-state index contributed by atoms with van der Waals surface area (Å²) in [5.41, 5.74) is -0.364. The van der Waals surface area contributed by atoms with Crippen molar-refractivity contribution in [3.63, 3.8) is 0 Å². The van der Waals surface area contributed by atoms with Crippen molar-refractivity contribution in [2.45, 2.75) is 70.7 Å². The van der Waals surface area contributed by atoms with Gasteiger partial charge in [-0.1, -0.05) is 5.21 Å². The van der Waals surface area contributed by atoms with Gasteiger partial charge in [0, 0.05) is 19.7 Å². The van der Waals surface area contributed by atoms with E-state index in [1.807, 2.05) is 23.9 Å². The number of hydrogen-bond donors (Lipinski definition) is 1. The van der Waals surface area contributed by atoms with Crippen molar-refractivity contribution in [3.05, 3.63) is 35.5 Å². The van der Waals surface area contributed by atoms with Crippen molar-refractivity contribution in [2.75, 3.05) is 19.7 Å². The zero-order valence-corrected chi connectivity index (χ0v) is 18.3. The maximum atomic E-state index is 10.3. The zero-order valence-electron chi connectivity index (χ0n) is 18.3. The van der Waals surface area contributed by atoms with Crippen molar-refractivity contribution in [1.29, 1.82) is 0 Å². The molecule has 3 heterocycles. The van der Waals surface area contributed by atoms with Crippen molar-refractivity contribution < 1.29 is 14.3 Å². The lowest BCUT2D eigenvalue weighted by Crippen LogP contribution is -2.38. The van der Waals surface area contributed by atoms with Gasteiger partial charge in [0.2, 0.25) is 0 Å². The van der Waals surface area contributed by atoms with Crippen LogP contribution >= 0.6 is 0 Å². The Kier molecular flexibility index (Phi) is 5.24. The molecule has 30 heavy (non-hydrogen) atoms. The molecule has 3 fully saturated rings. The highest BCUT2D eigenvalue weighted by Crippen LogP contribution is 2.43. The molecular weight excluding hydrogens is 380 g/mol. The van der Waals surface area contributed by atoms with E-state index in [2.05, 4.69) is 21.3 Å². The predicted octanol–water partition coefficient (Wildman–Crippen LogP) is 3.29. The van der Waals surface area contributed by atoms with Crippen molar-refractivity contribution in [2.24, 2.45) is 17.8 Å². The van der Waals surface area contributed by atoms with E-state index in [4.69, 9.17) is 9.15 Å². The summed E-state index contributed by atoms with van der Waals surface area (Å²) in [6, 6.07) is 4.32. The summed E-state index contributed by atoms with van der Waals surface area (Å²) in [7, 11) is 0. The lowest BCUT2D eigenvalue weighted by atomic mass is 9.77. The molecule has 1 N–H and O–H groups in total. The Labute approximate surface area is 178 Å². The minimum atomic E-state index is -0.981.